The molecule has 1 amide bonds. The van der Waals surface area contributed by atoms with Crippen LogP contribution in [0.4, 0.5) is 14.5 Å². The van der Waals surface area contributed by atoms with Crippen molar-refractivity contribution >= 4 is 34.3 Å². The van der Waals surface area contributed by atoms with E-state index in [-0.39, 0.29) is 17.5 Å². The topological polar surface area (TPSA) is 54.9 Å². The van der Waals surface area contributed by atoms with Gasteiger partial charge in [-0.25, -0.2) is 18.7 Å². The average Bonchev–Trinajstić information content (AvgIpc) is 2.72. The fourth-order valence-corrected chi connectivity index (χ4v) is 4.10. The number of carbonyl (C=O) groups is 1. The van der Waals surface area contributed by atoms with Gasteiger partial charge in [0.1, 0.15) is 16.7 Å². The highest BCUT2D eigenvalue weighted by atomic mass is 32.2. The third-order valence-corrected chi connectivity index (χ3v) is 5.56. The van der Waals surface area contributed by atoms with E-state index in [4.69, 9.17) is 0 Å². The SMILES string of the molecule is Cc1cc(C)cc(NC(=O)CSc2nc(-c3ccc(F)cc3)nc3ccc(F)cc23)c1. The molecule has 0 atom stereocenters. The Morgan fingerprint density at radius 2 is 1.58 bits per heavy atom. The van der Waals surface area contributed by atoms with Crippen molar-refractivity contribution in [3.05, 3.63) is 83.4 Å². The van der Waals surface area contributed by atoms with Crippen LogP contribution in [0.25, 0.3) is 22.3 Å². The lowest BCUT2D eigenvalue weighted by Crippen LogP contribution is -2.14. The molecule has 156 valence electrons. The van der Waals surface area contributed by atoms with E-state index in [2.05, 4.69) is 15.3 Å². The Balaban J connectivity index is 1.61. The molecular weight excluding hydrogens is 416 g/mol. The summed E-state index contributed by atoms with van der Waals surface area (Å²) in [7, 11) is 0. The van der Waals surface area contributed by atoms with Crippen molar-refractivity contribution in [3.8, 4) is 11.4 Å². The molecule has 31 heavy (non-hydrogen) atoms. The first kappa shape index (κ1) is 20.9. The van der Waals surface area contributed by atoms with Gasteiger partial charge in [-0.1, -0.05) is 17.8 Å². The summed E-state index contributed by atoms with van der Waals surface area (Å²) < 4.78 is 27.1. The van der Waals surface area contributed by atoms with Crippen molar-refractivity contribution in [1.82, 2.24) is 9.97 Å². The molecule has 4 nitrogen and oxygen atoms in total. The Bertz CT molecular complexity index is 1260. The number of hydrogen-bond donors (Lipinski definition) is 1. The molecule has 0 saturated heterocycles. The van der Waals surface area contributed by atoms with Gasteiger partial charge in [-0.15, -0.1) is 0 Å². The van der Waals surface area contributed by atoms with Crippen LogP contribution in [0.1, 0.15) is 11.1 Å². The molecule has 0 spiro atoms. The second kappa shape index (κ2) is 8.81. The van der Waals surface area contributed by atoms with Crippen molar-refractivity contribution in [3.63, 3.8) is 0 Å². The van der Waals surface area contributed by atoms with Crippen LogP contribution in [-0.4, -0.2) is 21.6 Å². The molecule has 0 aliphatic rings. The van der Waals surface area contributed by atoms with E-state index in [9.17, 15) is 13.6 Å². The molecule has 1 heterocycles. The average molecular weight is 435 g/mol. The predicted octanol–water partition coefficient (Wildman–Crippen LogP) is 5.92. The van der Waals surface area contributed by atoms with E-state index in [1.54, 1.807) is 18.2 Å². The zero-order valence-corrected chi connectivity index (χ0v) is 17.8. The third kappa shape index (κ3) is 5.06. The summed E-state index contributed by atoms with van der Waals surface area (Å²) in [5.74, 6) is -0.479. The highest BCUT2D eigenvalue weighted by Gasteiger charge is 2.13. The maximum absolute atomic E-state index is 13.9. The van der Waals surface area contributed by atoms with Crippen LogP contribution < -0.4 is 5.32 Å². The quantitative estimate of drug-likeness (QED) is 0.312. The van der Waals surface area contributed by atoms with Gasteiger partial charge < -0.3 is 5.32 Å². The zero-order valence-electron chi connectivity index (χ0n) is 16.9. The number of carbonyl (C=O) groups excluding carboxylic acids is 1. The number of aromatic nitrogens is 2. The van der Waals surface area contributed by atoms with E-state index in [1.165, 1.54) is 36.0 Å². The molecule has 3 aromatic carbocycles. The molecule has 4 aromatic rings. The number of benzene rings is 3. The summed E-state index contributed by atoms with van der Waals surface area (Å²) >= 11 is 1.20. The maximum atomic E-state index is 13.9. The maximum Gasteiger partial charge on any atom is 0.234 e. The molecule has 0 unspecified atom stereocenters. The molecule has 1 N–H and O–H groups in total. The smallest absolute Gasteiger partial charge is 0.234 e. The van der Waals surface area contributed by atoms with Gasteiger partial charge in [0.15, 0.2) is 5.82 Å². The number of hydrogen-bond acceptors (Lipinski definition) is 4. The van der Waals surface area contributed by atoms with Gasteiger partial charge in [-0.3, -0.25) is 4.79 Å². The summed E-state index contributed by atoms with van der Waals surface area (Å²) in [4.78, 5) is 21.5. The Morgan fingerprint density at radius 1 is 0.903 bits per heavy atom. The van der Waals surface area contributed by atoms with Crippen LogP contribution in [0.3, 0.4) is 0 Å². The lowest BCUT2D eigenvalue weighted by molar-refractivity contribution is -0.113. The molecule has 0 fully saturated rings. The minimum atomic E-state index is -0.410. The van der Waals surface area contributed by atoms with E-state index in [0.717, 1.165) is 16.8 Å². The number of halogens is 2. The fourth-order valence-electron chi connectivity index (χ4n) is 3.29. The standard InChI is InChI=1S/C24H19F2N3OS/c1-14-9-15(2)11-19(10-14)27-22(30)13-31-24-20-12-18(26)7-8-21(20)28-23(29-24)16-3-5-17(25)6-4-16/h3-12H,13H2,1-2H3,(H,27,30). The highest BCUT2D eigenvalue weighted by molar-refractivity contribution is 8.00. The second-order valence-electron chi connectivity index (χ2n) is 7.23. The number of thioether (sulfide) groups is 1. The molecule has 0 aliphatic heterocycles. The summed E-state index contributed by atoms with van der Waals surface area (Å²) in [6, 6.07) is 15.9. The first-order chi connectivity index (χ1) is 14.9. The normalized spacial score (nSPS) is 11.0. The first-order valence-electron chi connectivity index (χ1n) is 9.61. The number of anilines is 1. The fraction of sp³-hybridized carbons (Fsp3) is 0.125. The number of amides is 1. The van der Waals surface area contributed by atoms with E-state index < -0.39 is 5.82 Å². The number of nitrogens with zero attached hydrogens (tertiary/aromatic N) is 2. The van der Waals surface area contributed by atoms with Crippen LogP contribution in [0, 0.1) is 25.5 Å². The van der Waals surface area contributed by atoms with Crippen molar-refractivity contribution in [2.75, 3.05) is 11.1 Å². The van der Waals surface area contributed by atoms with Crippen LogP contribution in [0.2, 0.25) is 0 Å². The van der Waals surface area contributed by atoms with Crippen LogP contribution in [0.15, 0.2) is 65.7 Å². The second-order valence-corrected chi connectivity index (χ2v) is 8.20. The van der Waals surface area contributed by atoms with Gasteiger partial charge in [0.05, 0.1) is 11.3 Å². The minimum absolute atomic E-state index is 0.0957. The number of fused-ring (bicyclic) bond motifs is 1. The monoisotopic (exact) mass is 435 g/mol. The Morgan fingerprint density at radius 3 is 2.29 bits per heavy atom. The van der Waals surface area contributed by atoms with Crippen molar-refractivity contribution in [2.24, 2.45) is 0 Å². The van der Waals surface area contributed by atoms with Crippen molar-refractivity contribution in [1.29, 1.82) is 0 Å². The zero-order chi connectivity index (χ0) is 22.0. The highest BCUT2D eigenvalue weighted by Crippen LogP contribution is 2.29. The Kier molecular flexibility index (Phi) is 5.95. The van der Waals surface area contributed by atoms with Gasteiger partial charge in [-0.2, -0.15) is 0 Å². The third-order valence-electron chi connectivity index (χ3n) is 4.57. The van der Waals surface area contributed by atoms with Crippen LogP contribution in [-0.2, 0) is 4.79 Å². The lowest BCUT2D eigenvalue weighted by Gasteiger charge is -2.10. The summed E-state index contributed by atoms with van der Waals surface area (Å²) in [5.41, 5.74) is 4.03. The van der Waals surface area contributed by atoms with Crippen LogP contribution in [0.5, 0.6) is 0 Å². The van der Waals surface area contributed by atoms with Gasteiger partial charge in [0, 0.05) is 16.6 Å². The van der Waals surface area contributed by atoms with Crippen molar-refractivity contribution < 1.29 is 13.6 Å². The molecular formula is C24H19F2N3OS. The Hall–Kier alpha value is -3.32. The van der Waals surface area contributed by atoms with Gasteiger partial charge >= 0.3 is 0 Å². The minimum Gasteiger partial charge on any atom is -0.325 e. The van der Waals surface area contributed by atoms with Gasteiger partial charge in [0.2, 0.25) is 5.91 Å². The molecule has 1 aromatic heterocycles. The van der Waals surface area contributed by atoms with Crippen molar-refractivity contribution in [2.45, 2.75) is 18.9 Å². The predicted molar refractivity (Wildman–Crippen MR) is 120 cm³/mol. The molecule has 0 bridgehead atoms. The summed E-state index contributed by atoms with van der Waals surface area (Å²) in [5, 5.41) is 3.90. The Labute approximate surface area is 182 Å². The number of nitrogens with one attached hydrogen (secondary N) is 1. The van der Waals surface area contributed by atoms with E-state index in [0.29, 0.717) is 27.3 Å². The van der Waals surface area contributed by atoms with E-state index in [1.807, 2.05) is 32.0 Å². The van der Waals surface area contributed by atoms with Crippen LogP contribution >= 0.6 is 11.8 Å². The molecule has 0 radical (unpaired) electrons. The first-order valence-corrected chi connectivity index (χ1v) is 10.6. The summed E-state index contributed by atoms with van der Waals surface area (Å²) in [6.45, 7) is 3.94. The number of aryl methyl sites for hydroxylation is 2. The van der Waals surface area contributed by atoms with Gasteiger partial charge in [-0.05, 0) is 79.6 Å². The largest absolute Gasteiger partial charge is 0.325 e. The molecule has 7 heteroatoms. The molecule has 4 rings (SSSR count). The lowest BCUT2D eigenvalue weighted by atomic mass is 10.1. The number of rotatable bonds is 5. The summed E-state index contributed by atoms with van der Waals surface area (Å²) in [6.07, 6.45) is 0. The molecule has 0 saturated carbocycles. The molecule has 0 aliphatic carbocycles. The van der Waals surface area contributed by atoms with Gasteiger partial charge in [0.25, 0.3) is 0 Å². The van der Waals surface area contributed by atoms with E-state index >= 15 is 0 Å².